The number of H-pyrrole nitrogens is 1. The molecular formula is C21H20N2O4S2. The molecule has 0 radical (unpaired) electrons. The van der Waals surface area contributed by atoms with Gasteiger partial charge in [-0.15, -0.1) is 11.3 Å². The first kappa shape index (κ1) is 18.6. The number of nitrogens with one attached hydrogen (secondary N) is 1. The molecule has 0 aliphatic carbocycles. The number of carbonyl (C=O) groups is 2. The SMILES string of the molecule is NC(=O)c1cc(-c2csc(C=O)c2)cc2c(C3CC4CCC(C3)S4(=O)=O)c[nH]c12. The molecule has 2 bridgehead atoms. The number of primary amides is 1. The molecule has 2 saturated heterocycles. The Balaban J connectivity index is 1.64. The summed E-state index contributed by atoms with van der Waals surface area (Å²) in [7, 11) is -3.00. The van der Waals surface area contributed by atoms with Crippen molar-refractivity contribution in [3.63, 3.8) is 0 Å². The third kappa shape index (κ3) is 2.85. The number of fused-ring (bicyclic) bond motifs is 3. The van der Waals surface area contributed by atoms with Gasteiger partial charge < -0.3 is 10.7 Å². The zero-order valence-corrected chi connectivity index (χ0v) is 17.2. The lowest BCUT2D eigenvalue weighted by molar-refractivity contribution is 0.100. The summed E-state index contributed by atoms with van der Waals surface area (Å²) in [5.41, 5.74) is 9.45. The normalized spacial score (nSPS) is 25.3. The highest BCUT2D eigenvalue weighted by atomic mass is 32.2. The maximum absolute atomic E-state index is 12.5. The standard InChI is InChI=1S/C21H20N2O4S2/c22-21(25)18-7-11(13-3-14(9-24)28-10-13)6-17-19(8-23-20(17)18)12-4-15-1-2-16(5-12)29(15,26)27/h3,6-10,12,15-16,23H,1-2,4-5H2,(H2,22,25). The number of benzene rings is 1. The number of thiophene rings is 1. The van der Waals surface area contributed by atoms with Crippen LogP contribution in [0.25, 0.3) is 22.0 Å². The molecule has 5 rings (SSSR count). The molecule has 2 aromatic heterocycles. The Morgan fingerprint density at radius 1 is 1.14 bits per heavy atom. The molecule has 2 atom stereocenters. The summed E-state index contributed by atoms with van der Waals surface area (Å²) in [6, 6.07) is 5.55. The van der Waals surface area contributed by atoms with Gasteiger partial charge in [-0.2, -0.15) is 0 Å². The van der Waals surface area contributed by atoms with E-state index >= 15 is 0 Å². The number of hydrogen-bond donors (Lipinski definition) is 2. The first-order chi connectivity index (χ1) is 13.9. The summed E-state index contributed by atoms with van der Waals surface area (Å²) in [6.07, 6.45) is 5.43. The quantitative estimate of drug-likeness (QED) is 0.618. The van der Waals surface area contributed by atoms with E-state index in [1.54, 1.807) is 12.1 Å². The Bertz CT molecular complexity index is 1230. The van der Waals surface area contributed by atoms with Crippen molar-refractivity contribution in [3.8, 4) is 11.1 Å². The van der Waals surface area contributed by atoms with Crippen LogP contribution in [0, 0.1) is 0 Å². The van der Waals surface area contributed by atoms with Gasteiger partial charge in [-0.05, 0) is 71.9 Å². The second-order valence-corrected chi connectivity index (χ2v) is 11.4. The van der Waals surface area contributed by atoms with Crippen LogP contribution in [0.4, 0.5) is 0 Å². The van der Waals surface area contributed by atoms with Gasteiger partial charge in [0.15, 0.2) is 16.1 Å². The lowest BCUT2D eigenvalue weighted by Gasteiger charge is -2.27. The zero-order chi connectivity index (χ0) is 20.3. The number of hydrogen-bond acceptors (Lipinski definition) is 5. The highest BCUT2D eigenvalue weighted by Crippen LogP contribution is 2.47. The van der Waals surface area contributed by atoms with Crippen LogP contribution >= 0.6 is 11.3 Å². The number of sulfone groups is 1. The van der Waals surface area contributed by atoms with E-state index in [2.05, 4.69) is 4.98 Å². The average molecular weight is 429 g/mol. The topological polar surface area (TPSA) is 110 Å². The smallest absolute Gasteiger partial charge is 0.250 e. The molecule has 2 unspecified atom stereocenters. The lowest BCUT2D eigenvalue weighted by Crippen LogP contribution is -2.31. The largest absolute Gasteiger partial charge is 0.366 e. The molecule has 3 aromatic rings. The number of nitrogens with two attached hydrogens (primary N) is 1. The molecule has 8 heteroatoms. The molecule has 1 aromatic carbocycles. The molecule has 2 aliphatic heterocycles. The van der Waals surface area contributed by atoms with Crippen molar-refractivity contribution in [2.75, 3.05) is 0 Å². The molecule has 2 aliphatic rings. The molecule has 0 saturated carbocycles. The number of carbonyl (C=O) groups excluding carboxylic acids is 2. The number of rotatable bonds is 4. The van der Waals surface area contributed by atoms with Crippen LogP contribution in [0.3, 0.4) is 0 Å². The molecule has 29 heavy (non-hydrogen) atoms. The minimum absolute atomic E-state index is 0.133. The van der Waals surface area contributed by atoms with Gasteiger partial charge in [0.25, 0.3) is 5.91 Å². The minimum Gasteiger partial charge on any atom is -0.366 e. The predicted octanol–water partition coefficient (Wildman–Crippen LogP) is 3.63. The monoisotopic (exact) mass is 428 g/mol. The van der Waals surface area contributed by atoms with Gasteiger partial charge in [0.05, 0.1) is 26.5 Å². The fourth-order valence-electron chi connectivity index (χ4n) is 4.98. The van der Waals surface area contributed by atoms with Crippen LogP contribution in [-0.2, 0) is 9.84 Å². The van der Waals surface area contributed by atoms with Gasteiger partial charge in [-0.3, -0.25) is 9.59 Å². The molecule has 2 fully saturated rings. The Hall–Kier alpha value is -2.45. The van der Waals surface area contributed by atoms with Crippen molar-refractivity contribution in [3.05, 3.63) is 45.8 Å². The van der Waals surface area contributed by atoms with Crippen LogP contribution in [0.5, 0.6) is 0 Å². The highest BCUT2D eigenvalue weighted by Gasteiger charge is 2.47. The second-order valence-electron chi connectivity index (χ2n) is 7.99. The third-order valence-electron chi connectivity index (χ3n) is 6.43. The summed E-state index contributed by atoms with van der Waals surface area (Å²) in [5.74, 6) is -0.392. The minimum atomic E-state index is -3.00. The summed E-state index contributed by atoms with van der Waals surface area (Å²) < 4.78 is 24.9. The van der Waals surface area contributed by atoms with E-state index in [0.29, 0.717) is 28.8 Å². The number of aromatic nitrogens is 1. The summed E-state index contributed by atoms with van der Waals surface area (Å²) in [5, 5.41) is 2.26. The van der Waals surface area contributed by atoms with Gasteiger partial charge in [0, 0.05) is 11.6 Å². The average Bonchev–Trinajstić information content (AvgIpc) is 3.35. The summed E-state index contributed by atoms with van der Waals surface area (Å²) in [6.45, 7) is 0. The predicted molar refractivity (Wildman–Crippen MR) is 113 cm³/mol. The molecule has 150 valence electrons. The van der Waals surface area contributed by atoms with Crippen LogP contribution in [0.1, 0.15) is 57.2 Å². The van der Waals surface area contributed by atoms with Crippen molar-refractivity contribution in [2.24, 2.45) is 5.73 Å². The second kappa shape index (κ2) is 6.53. The van der Waals surface area contributed by atoms with Crippen molar-refractivity contribution in [1.82, 2.24) is 4.98 Å². The van der Waals surface area contributed by atoms with E-state index in [1.807, 2.05) is 17.6 Å². The number of aromatic amines is 1. The van der Waals surface area contributed by atoms with E-state index < -0.39 is 15.7 Å². The Morgan fingerprint density at radius 2 is 1.86 bits per heavy atom. The molecule has 6 nitrogen and oxygen atoms in total. The number of aldehydes is 1. The Labute approximate surface area is 172 Å². The van der Waals surface area contributed by atoms with Crippen molar-refractivity contribution in [1.29, 1.82) is 0 Å². The van der Waals surface area contributed by atoms with Crippen LogP contribution < -0.4 is 5.73 Å². The molecule has 0 spiro atoms. The maximum Gasteiger partial charge on any atom is 0.250 e. The van der Waals surface area contributed by atoms with Gasteiger partial charge in [-0.1, -0.05) is 0 Å². The van der Waals surface area contributed by atoms with Gasteiger partial charge in [0.1, 0.15) is 0 Å². The van der Waals surface area contributed by atoms with Gasteiger partial charge in [-0.25, -0.2) is 8.42 Å². The molecular weight excluding hydrogens is 408 g/mol. The Morgan fingerprint density at radius 3 is 2.48 bits per heavy atom. The number of amides is 1. The molecule has 1 amide bonds. The molecule has 3 N–H and O–H groups in total. The van der Waals surface area contributed by atoms with Gasteiger partial charge >= 0.3 is 0 Å². The summed E-state index contributed by atoms with van der Waals surface area (Å²) in [4.78, 5) is 27.0. The van der Waals surface area contributed by atoms with E-state index in [1.165, 1.54) is 11.3 Å². The van der Waals surface area contributed by atoms with E-state index in [9.17, 15) is 18.0 Å². The first-order valence-corrected chi connectivity index (χ1v) is 12.1. The highest BCUT2D eigenvalue weighted by molar-refractivity contribution is 7.93. The summed E-state index contributed by atoms with van der Waals surface area (Å²) >= 11 is 1.35. The van der Waals surface area contributed by atoms with Crippen molar-refractivity contribution < 1.29 is 18.0 Å². The third-order valence-corrected chi connectivity index (χ3v) is 10.0. The molecule has 4 heterocycles. The fourth-order valence-corrected chi connectivity index (χ4v) is 8.17. The Kier molecular flexibility index (Phi) is 4.18. The van der Waals surface area contributed by atoms with Crippen LogP contribution in [0.15, 0.2) is 29.8 Å². The van der Waals surface area contributed by atoms with Crippen molar-refractivity contribution >= 4 is 44.3 Å². The van der Waals surface area contributed by atoms with Crippen molar-refractivity contribution in [2.45, 2.75) is 42.1 Å². The van der Waals surface area contributed by atoms with Crippen LogP contribution in [-0.4, -0.2) is 36.1 Å². The maximum atomic E-state index is 12.5. The van der Waals surface area contributed by atoms with E-state index in [-0.39, 0.29) is 16.4 Å². The van der Waals surface area contributed by atoms with Gasteiger partial charge in [0.2, 0.25) is 0 Å². The fraction of sp³-hybridized carbons (Fsp3) is 0.333. The van der Waals surface area contributed by atoms with E-state index in [4.69, 9.17) is 5.73 Å². The zero-order valence-electron chi connectivity index (χ0n) is 15.6. The van der Waals surface area contributed by atoms with E-state index in [0.717, 1.165) is 41.2 Å². The first-order valence-electron chi connectivity index (χ1n) is 9.60. The van der Waals surface area contributed by atoms with Crippen LogP contribution in [0.2, 0.25) is 0 Å². The lowest BCUT2D eigenvalue weighted by atomic mass is 9.89.